The Bertz CT molecular complexity index is 882. The topological polar surface area (TPSA) is 94.8 Å². The number of esters is 1. The zero-order valence-corrected chi connectivity index (χ0v) is 16.3. The van der Waals surface area contributed by atoms with Crippen LogP contribution in [0.25, 0.3) is 0 Å². The van der Waals surface area contributed by atoms with Crippen molar-refractivity contribution in [1.29, 1.82) is 0 Å². The van der Waals surface area contributed by atoms with Crippen LogP contribution in [0.15, 0.2) is 36.4 Å². The molecule has 1 aromatic heterocycles. The van der Waals surface area contributed by atoms with E-state index in [4.69, 9.17) is 15.2 Å². The van der Waals surface area contributed by atoms with Crippen molar-refractivity contribution in [3.8, 4) is 5.75 Å². The Balaban J connectivity index is 1.91. The van der Waals surface area contributed by atoms with E-state index in [-0.39, 0.29) is 24.3 Å². The highest BCUT2D eigenvalue weighted by Crippen LogP contribution is 2.35. The fourth-order valence-corrected chi connectivity index (χ4v) is 3.01. The Hall–Kier alpha value is -3.09. The summed E-state index contributed by atoms with van der Waals surface area (Å²) in [6.07, 6.45) is 0.157. The lowest BCUT2D eigenvalue weighted by Crippen LogP contribution is -2.48. The first kappa shape index (κ1) is 19.7. The van der Waals surface area contributed by atoms with Gasteiger partial charge >= 0.3 is 5.97 Å². The van der Waals surface area contributed by atoms with Gasteiger partial charge in [0.1, 0.15) is 5.82 Å². The van der Waals surface area contributed by atoms with Crippen molar-refractivity contribution in [2.45, 2.75) is 39.8 Å². The number of nitrogen functional groups attached to an aromatic ring is 1. The lowest BCUT2D eigenvalue weighted by atomic mass is 10.0. The third kappa shape index (κ3) is 4.08. The van der Waals surface area contributed by atoms with Gasteiger partial charge in [-0.1, -0.05) is 32.9 Å². The van der Waals surface area contributed by atoms with E-state index < -0.39 is 6.10 Å². The first-order chi connectivity index (χ1) is 13.4. The number of hydrogen-bond acceptors (Lipinski definition) is 6. The second-order valence-electron chi connectivity index (χ2n) is 7.10. The minimum atomic E-state index is -0.601. The van der Waals surface area contributed by atoms with Crippen molar-refractivity contribution >= 4 is 23.5 Å². The molecule has 1 unspecified atom stereocenters. The van der Waals surface area contributed by atoms with Crippen LogP contribution in [0.4, 0.5) is 11.6 Å². The normalized spacial score (nSPS) is 15.9. The van der Waals surface area contributed by atoms with Gasteiger partial charge in [-0.3, -0.25) is 9.69 Å². The average Bonchev–Trinajstić information content (AvgIpc) is 2.68. The predicted molar refractivity (Wildman–Crippen MR) is 106 cm³/mol. The molecule has 0 spiro atoms. The Kier molecular flexibility index (Phi) is 5.82. The van der Waals surface area contributed by atoms with E-state index in [2.05, 4.69) is 4.98 Å². The molecule has 1 aromatic carbocycles. The summed E-state index contributed by atoms with van der Waals surface area (Å²) in [6, 6.07) is 10.4. The van der Waals surface area contributed by atoms with Crippen molar-refractivity contribution in [2.75, 3.05) is 17.2 Å². The van der Waals surface area contributed by atoms with E-state index in [9.17, 15) is 9.59 Å². The number of fused-ring (bicyclic) bond motifs is 1. The highest BCUT2D eigenvalue weighted by molar-refractivity contribution is 5.99. The molecule has 0 saturated carbocycles. The van der Waals surface area contributed by atoms with E-state index in [0.717, 1.165) is 12.0 Å². The molecule has 2 N–H and O–H groups in total. The molecule has 1 amide bonds. The maximum absolute atomic E-state index is 13.0. The van der Waals surface area contributed by atoms with Crippen LogP contribution in [0.1, 0.15) is 43.1 Å². The van der Waals surface area contributed by atoms with Gasteiger partial charge in [0, 0.05) is 0 Å². The number of carbonyl (C=O) groups is 2. The third-order valence-electron chi connectivity index (χ3n) is 4.43. The maximum atomic E-state index is 13.0. The van der Waals surface area contributed by atoms with Crippen LogP contribution < -0.4 is 15.4 Å². The Labute approximate surface area is 164 Å². The summed E-state index contributed by atoms with van der Waals surface area (Å²) in [6.45, 7) is 6.43. The first-order valence-corrected chi connectivity index (χ1v) is 9.41. The van der Waals surface area contributed by atoms with E-state index in [1.807, 2.05) is 26.8 Å². The highest BCUT2D eigenvalue weighted by atomic mass is 16.5. The molecular weight excluding hydrogens is 358 g/mol. The molecule has 0 bridgehead atoms. The second-order valence-corrected chi connectivity index (χ2v) is 7.10. The number of rotatable bonds is 6. The number of anilines is 2. The van der Waals surface area contributed by atoms with Crippen LogP contribution in [0.3, 0.4) is 0 Å². The van der Waals surface area contributed by atoms with Gasteiger partial charge in [-0.05, 0) is 42.2 Å². The molecule has 7 nitrogen and oxygen atoms in total. The molecule has 1 aliphatic rings. The molecule has 2 heterocycles. The zero-order chi connectivity index (χ0) is 20.3. The number of nitrogens with zero attached hydrogens (tertiary/aromatic N) is 2. The molecule has 0 fully saturated rings. The first-order valence-electron chi connectivity index (χ1n) is 9.41. The van der Waals surface area contributed by atoms with Gasteiger partial charge in [-0.25, -0.2) is 9.78 Å². The van der Waals surface area contributed by atoms with E-state index in [1.54, 1.807) is 35.2 Å². The monoisotopic (exact) mass is 383 g/mol. The van der Waals surface area contributed by atoms with Gasteiger partial charge in [0.05, 0.1) is 18.7 Å². The van der Waals surface area contributed by atoms with E-state index >= 15 is 0 Å². The van der Waals surface area contributed by atoms with Gasteiger partial charge in [0.15, 0.2) is 17.7 Å². The molecule has 1 aliphatic heterocycles. The molecule has 0 saturated heterocycles. The lowest BCUT2D eigenvalue weighted by Gasteiger charge is -2.35. The molecule has 3 rings (SSSR count). The van der Waals surface area contributed by atoms with Crippen LogP contribution in [0, 0.1) is 5.92 Å². The largest absolute Gasteiger partial charge is 0.476 e. The van der Waals surface area contributed by atoms with Crippen molar-refractivity contribution in [3.05, 3.63) is 47.5 Å². The van der Waals surface area contributed by atoms with Gasteiger partial charge in [-0.15, -0.1) is 0 Å². The lowest BCUT2D eigenvalue weighted by molar-refractivity contribution is -0.128. The molecule has 0 radical (unpaired) electrons. The second kappa shape index (κ2) is 8.29. The fraction of sp³-hybridized carbons (Fsp3) is 0.381. The predicted octanol–water partition coefficient (Wildman–Crippen LogP) is 3.18. The molecule has 148 valence electrons. The molecule has 28 heavy (non-hydrogen) atoms. The number of hydrogen-bond donors (Lipinski definition) is 1. The van der Waals surface area contributed by atoms with Gasteiger partial charge in [0.2, 0.25) is 0 Å². The number of aromatic nitrogens is 1. The Morgan fingerprint density at radius 2 is 2.11 bits per heavy atom. The van der Waals surface area contributed by atoms with Gasteiger partial charge < -0.3 is 15.2 Å². The number of pyridine rings is 1. The average molecular weight is 383 g/mol. The van der Waals surface area contributed by atoms with E-state index in [0.29, 0.717) is 29.6 Å². The third-order valence-corrected chi connectivity index (χ3v) is 4.43. The summed E-state index contributed by atoms with van der Waals surface area (Å²) < 4.78 is 11.0. The van der Waals surface area contributed by atoms with Crippen molar-refractivity contribution in [2.24, 2.45) is 5.92 Å². The van der Waals surface area contributed by atoms with Crippen LogP contribution >= 0.6 is 0 Å². The van der Waals surface area contributed by atoms with Crippen molar-refractivity contribution in [3.63, 3.8) is 0 Å². The minimum absolute atomic E-state index is 0.00365. The van der Waals surface area contributed by atoms with Crippen molar-refractivity contribution < 1.29 is 19.1 Å². The van der Waals surface area contributed by atoms with Gasteiger partial charge in [0.25, 0.3) is 5.91 Å². The molecule has 0 aliphatic carbocycles. The number of carbonyl (C=O) groups excluding carboxylic acids is 2. The Morgan fingerprint density at radius 1 is 1.32 bits per heavy atom. The van der Waals surface area contributed by atoms with Gasteiger partial charge in [-0.2, -0.15) is 0 Å². The summed E-state index contributed by atoms with van der Waals surface area (Å²) in [5.41, 5.74) is 7.06. The van der Waals surface area contributed by atoms with Crippen LogP contribution in [-0.4, -0.2) is 29.6 Å². The molecule has 7 heteroatoms. The highest BCUT2D eigenvalue weighted by Gasteiger charge is 2.37. The summed E-state index contributed by atoms with van der Waals surface area (Å²) in [5, 5.41) is 0. The maximum Gasteiger partial charge on any atom is 0.338 e. The quantitative estimate of drug-likeness (QED) is 0.770. The Morgan fingerprint density at radius 3 is 2.82 bits per heavy atom. The van der Waals surface area contributed by atoms with Crippen molar-refractivity contribution in [1.82, 2.24) is 4.98 Å². The minimum Gasteiger partial charge on any atom is -0.476 e. The number of amides is 1. The zero-order valence-electron chi connectivity index (χ0n) is 16.3. The fourth-order valence-electron chi connectivity index (χ4n) is 3.01. The summed E-state index contributed by atoms with van der Waals surface area (Å²) in [7, 11) is 0. The smallest absolute Gasteiger partial charge is 0.338 e. The van der Waals surface area contributed by atoms with Crippen LogP contribution in [0.2, 0.25) is 0 Å². The summed E-state index contributed by atoms with van der Waals surface area (Å²) >= 11 is 0. The standard InChI is InChI=1S/C21H25N3O4/c1-4-10-27-21(26)15-7-5-6-14(11-15)12-24-19-16(8-9-17(22)23-19)28-18(13(2)3)20(24)25/h5-9,11,13,18H,4,10,12H2,1-3H3,(H2,22,23). The molecule has 2 aromatic rings. The van der Waals surface area contributed by atoms with E-state index in [1.165, 1.54) is 0 Å². The summed E-state index contributed by atoms with van der Waals surface area (Å²) in [4.78, 5) is 31.0. The van der Waals surface area contributed by atoms with Crippen LogP contribution in [-0.2, 0) is 16.1 Å². The SMILES string of the molecule is CCCOC(=O)c1cccc(CN2C(=O)C(C(C)C)Oc3ccc(N)nc32)c1. The number of nitrogens with two attached hydrogens (primary N) is 1. The molecule has 1 atom stereocenters. The van der Waals surface area contributed by atoms with Crippen LogP contribution in [0.5, 0.6) is 5.75 Å². The number of benzene rings is 1. The number of ether oxygens (including phenoxy) is 2. The molecular formula is C21H25N3O4. The summed E-state index contributed by atoms with van der Waals surface area (Å²) in [5.74, 6) is 0.655.